The molecule has 2 aromatic rings. The van der Waals surface area contributed by atoms with Crippen LogP contribution >= 0.6 is 11.6 Å². The second-order valence-electron chi connectivity index (χ2n) is 5.23. The molecular weight excluding hydrogens is 342 g/mol. The molecule has 0 radical (unpaired) electrons. The first kappa shape index (κ1) is 18.9. The van der Waals surface area contributed by atoms with Crippen LogP contribution in [0.3, 0.4) is 0 Å². The van der Waals surface area contributed by atoms with Gasteiger partial charge in [0.1, 0.15) is 17.2 Å². The van der Waals surface area contributed by atoms with E-state index in [1.54, 1.807) is 30.3 Å². The molecule has 0 aliphatic heterocycles. The number of amides is 1. The molecule has 0 aliphatic rings. The van der Waals surface area contributed by atoms with E-state index < -0.39 is 0 Å². The van der Waals surface area contributed by atoms with Crippen LogP contribution in [-0.4, -0.2) is 25.7 Å². The van der Waals surface area contributed by atoms with Crippen LogP contribution in [0.15, 0.2) is 42.5 Å². The van der Waals surface area contributed by atoms with Crippen LogP contribution in [-0.2, 0) is 4.79 Å². The fraction of sp³-hybridized carbons (Fsp3) is 0.316. The first-order valence-electron chi connectivity index (χ1n) is 8.20. The maximum absolute atomic E-state index is 12.1. The number of carbonyl (C=O) groups is 1. The molecule has 5 nitrogen and oxygen atoms in total. The van der Waals surface area contributed by atoms with E-state index >= 15 is 0 Å². The third-order valence-corrected chi connectivity index (χ3v) is 3.42. The van der Waals surface area contributed by atoms with Crippen LogP contribution in [0.25, 0.3) is 0 Å². The van der Waals surface area contributed by atoms with Crippen molar-refractivity contribution in [1.29, 1.82) is 0 Å². The summed E-state index contributed by atoms with van der Waals surface area (Å²) in [6.45, 7) is 4.97. The number of benzene rings is 2. The second kappa shape index (κ2) is 9.79. The van der Waals surface area contributed by atoms with Gasteiger partial charge in [0, 0.05) is 5.02 Å². The van der Waals surface area contributed by atoms with Gasteiger partial charge in [-0.3, -0.25) is 4.79 Å². The Kier molecular flexibility index (Phi) is 7.41. The summed E-state index contributed by atoms with van der Waals surface area (Å²) in [5, 5.41) is 3.26. The molecule has 1 amide bonds. The van der Waals surface area contributed by atoms with E-state index in [2.05, 4.69) is 5.32 Å². The highest BCUT2D eigenvalue weighted by molar-refractivity contribution is 6.31. The van der Waals surface area contributed by atoms with Crippen molar-refractivity contribution in [2.24, 2.45) is 0 Å². The average Bonchev–Trinajstić information content (AvgIpc) is 2.61. The Morgan fingerprint density at radius 3 is 2.32 bits per heavy atom. The van der Waals surface area contributed by atoms with E-state index in [4.69, 9.17) is 25.8 Å². The van der Waals surface area contributed by atoms with Crippen molar-refractivity contribution in [1.82, 2.24) is 0 Å². The summed E-state index contributed by atoms with van der Waals surface area (Å²) in [4.78, 5) is 12.1. The molecule has 0 saturated carbocycles. The maximum atomic E-state index is 12.1. The largest absolute Gasteiger partial charge is 0.494 e. The standard InChI is InChI=1S/C19H22ClNO4/c1-3-11-24-15-6-8-16(9-7-15)25-13-19(22)21-17-12-14(20)5-10-18(17)23-4-2/h5-10,12H,3-4,11,13H2,1-2H3,(H,21,22). The van der Waals surface area contributed by atoms with Crippen LogP contribution in [0.1, 0.15) is 20.3 Å². The minimum absolute atomic E-state index is 0.118. The fourth-order valence-electron chi connectivity index (χ4n) is 2.07. The number of carbonyl (C=O) groups excluding carboxylic acids is 1. The highest BCUT2D eigenvalue weighted by Crippen LogP contribution is 2.28. The fourth-order valence-corrected chi connectivity index (χ4v) is 2.24. The Hall–Kier alpha value is -2.40. The molecule has 0 aliphatic carbocycles. The Bertz CT molecular complexity index is 688. The molecule has 25 heavy (non-hydrogen) atoms. The van der Waals surface area contributed by atoms with Crippen molar-refractivity contribution in [2.45, 2.75) is 20.3 Å². The SMILES string of the molecule is CCCOc1ccc(OCC(=O)Nc2cc(Cl)ccc2OCC)cc1. The molecule has 2 aromatic carbocycles. The molecule has 0 atom stereocenters. The van der Waals surface area contributed by atoms with Crippen LogP contribution < -0.4 is 19.5 Å². The van der Waals surface area contributed by atoms with Crippen molar-refractivity contribution >= 4 is 23.2 Å². The molecule has 0 fully saturated rings. The van der Waals surface area contributed by atoms with Crippen molar-refractivity contribution < 1.29 is 19.0 Å². The molecule has 0 aromatic heterocycles. The average molecular weight is 364 g/mol. The smallest absolute Gasteiger partial charge is 0.262 e. The summed E-state index contributed by atoms with van der Waals surface area (Å²) in [5.74, 6) is 1.64. The number of hydrogen-bond donors (Lipinski definition) is 1. The van der Waals surface area contributed by atoms with Crippen molar-refractivity contribution in [3.63, 3.8) is 0 Å². The van der Waals surface area contributed by atoms with Crippen molar-refractivity contribution in [2.75, 3.05) is 25.1 Å². The quantitative estimate of drug-likeness (QED) is 0.710. The summed E-state index contributed by atoms with van der Waals surface area (Å²) in [6.07, 6.45) is 0.950. The van der Waals surface area contributed by atoms with Crippen LogP contribution in [0.4, 0.5) is 5.69 Å². The molecule has 134 valence electrons. The minimum atomic E-state index is -0.297. The predicted octanol–water partition coefficient (Wildman–Crippen LogP) is 4.55. The van der Waals surface area contributed by atoms with Crippen LogP contribution in [0.2, 0.25) is 5.02 Å². The van der Waals surface area contributed by atoms with E-state index in [0.29, 0.717) is 35.4 Å². The molecule has 0 unspecified atom stereocenters. The van der Waals surface area contributed by atoms with E-state index in [1.165, 1.54) is 0 Å². The third kappa shape index (κ3) is 6.19. The minimum Gasteiger partial charge on any atom is -0.494 e. The third-order valence-electron chi connectivity index (χ3n) is 3.18. The maximum Gasteiger partial charge on any atom is 0.262 e. The van der Waals surface area contributed by atoms with Gasteiger partial charge in [0.25, 0.3) is 5.91 Å². The molecule has 0 spiro atoms. The van der Waals surface area contributed by atoms with Crippen LogP contribution in [0.5, 0.6) is 17.2 Å². The number of anilines is 1. The number of ether oxygens (including phenoxy) is 3. The number of rotatable bonds is 9. The molecule has 1 N–H and O–H groups in total. The van der Waals surface area contributed by atoms with Gasteiger partial charge < -0.3 is 19.5 Å². The molecule has 0 saturated heterocycles. The highest BCUT2D eigenvalue weighted by Gasteiger charge is 2.09. The number of halogens is 1. The first-order valence-corrected chi connectivity index (χ1v) is 8.58. The predicted molar refractivity (Wildman–Crippen MR) is 99.0 cm³/mol. The number of hydrogen-bond acceptors (Lipinski definition) is 4. The lowest BCUT2D eigenvalue weighted by Crippen LogP contribution is -2.20. The Morgan fingerprint density at radius 1 is 1.00 bits per heavy atom. The van der Waals surface area contributed by atoms with Gasteiger partial charge in [0.2, 0.25) is 0 Å². The van der Waals surface area contributed by atoms with Gasteiger partial charge in [-0.1, -0.05) is 18.5 Å². The first-order chi connectivity index (χ1) is 12.1. The van der Waals surface area contributed by atoms with E-state index in [1.807, 2.05) is 26.0 Å². The van der Waals surface area contributed by atoms with Crippen molar-refractivity contribution in [3.05, 3.63) is 47.5 Å². The van der Waals surface area contributed by atoms with Gasteiger partial charge in [-0.25, -0.2) is 0 Å². The lowest BCUT2D eigenvalue weighted by Gasteiger charge is -2.12. The number of nitrogens with one attached hydrogen (secondary N) is 1. The van der Waals surface area contributed by atoms with E-state index in [0.717, 1.165) is 12.2 Å². The van der Waals surface area contributed by atoms with Crippen LogP contribution in [0, 0.1) is 0 Å². The van der Waals surface area contributed by atoms with Crippen molar-refractivity contribution in [3.8, 4) is 17.2 Å². The zero-order chi connectivity index (χ0) is 18.1. The second-order valence-corrected chi connectivity index (χ2v) is 5.67. The monoisotopic (exact) mass is 363 g/mol. The summed E-state index contributed by atoms with van der Waals surface area (Å²) >= 11 is 5.97. The van der Waals surface area contributed by atoms with Gasteiger partial charge >= 0.3 is 0 Å². The molecule has 0 heterocycles. The zero-order valence-electron chi connectivity index (χ0n) is 14.4. The van der Waals surface area contributed by atoms with Gasteiger partial charge in [-0.2, -0.15) is 0 Å². The summed E-state index contributed by atoms with van der Waals surface area (Å²) < 4.78 is 16.5. The normalized spacial score (nSPS) is 10.2. The molecule has 6 heteroatoms. The topological polar surface area (TPSA) is 56.8 Å². The lowest BCUT2D eigenvalue weighted by molar-refractivity contribution is -0.118. The molecule has 2 rings (SSSR count). The zero-order valence-corrected chi connectivity index (χ0v) is 15.1. The van der Waals surface area contributed by atoms with Gasteiger partial charge in [0.05, 0.1) is 18.9 Å². The van der Waals surface area contributed by atoms with Gasteiger partial charge in [-0.05, 0) is 55.8 Å². The lowest BCUT2D eigenvalue weighted by atomic mass is 10.3. The highest BCUT2D eigenvalue weighted by atomic mass is 35.5. The molecular formula is C19H22ClNO4. The van der Waals surface area contributed by atoms with E-state index in [9.17, 15) is 4.79 Å². The Labute approximate surface area is 152 Å². The van der Waals surface area contributed by atoms with Gasteiger partial charge in [-0.15, -0.1) is 0 Å². The summed E-state index contributed by atoms with van der Waals surface area (Å²) in [6, 6.07) is 12.2. The molecule has 0 bridgehead atoms. The van der Waals surface area contributed by atoms with E-state index in [-0.39, 0.29) is 12.5 Å². The van der Waals surface area contributed by atoms with Gasteiger partial charge in [0.15, 0.2) is 6.61 Å². The Balaban J connectivity index is 1.89. The summed E-state index contributed by atoms with van der Waals surface area (Å²) in [5.41, 5.74) is 0.520. The summed E-state index contributed by atoms with van der Waals surface area (Å²) in [7, 11) is 0. The Morgan fingerprint density at radius 2 is 1.68 bits per heavy atom.